The van der Waals surface area contributed by atoms with E-state index in [4.69, 9.17) is 0 Å². The molecular weight excluding hydrogens is 739 g/mol. The Bertz CT molecular complexity index is 1520. The zero-order valence-electron chi connectivity index (χ0n) is 27.5. The van der Waals surface area contributed by atoms with Gasteiger partial charge in [-0.3, -0.25) is 4.98 Å². The smallest absolute Gasteiger partial charge is 0.0500 e. The molecule has 0 N–H and O–H groups in total. The van der Waals surface area contributed by atoms with E-state index in [1.54, 1.807) is 0 Å². The van der Waals surface area contributed by atoms with E-state index in [2.05, 4.69) is 150 Å². The first-order valence-corrected chi connectivity index (χ1v) is 15.1. The van der Waals surface area contributed by atoms with Gasteiger partial charge in [0.05, 0.1) is 11.4 Å². The van der Waals surface area contributed by atoms with Gasteiger partial charge in [-0.15, -0.1) is 35.1 Å². The number of hydrogen-bond acceptors (Lipinski definition) is 7. The number of benzene rings is 1. The maximum atomic E-state index is 4.53. The van der Waals surface area contributed by atoms with Crippen LogP contribution >= 0.6 is 0 Å². The van der Waals surface area contributed by atoms with Crippen LogP contribution in [-0.4, -0.2) is 37.1 Å². The molecule has 0 fully saturated rings. The van der Waals surface area contributed by atoms with Crippen LogP contribution in [0.1, 0.15) is 65.4 Å². The predicted octanol–water partition coefficient (Wildman–Crippen LogP) is 6.76. The molecule has 6 rings (SSSR count). The molecule has 0 amide bonds. The Hall–Kier alpha value is -3.88. The number of rotatable bonds is 6. The zero-order chi connectivity index (χ0) is 31.6. The van der Waals surface area contributed by atoms with Crippen LogP contribution in [0.15, 0.2) is 67.3 Å². The minimum atomic E-state index is 0. The average molecular weight is 781 g/mol. The first-order chi connectivity index (χ1) is 20.9. The van der Waals surface area contributed by atoms with Gasteiger partial charge < -0.3 is 40.0 Å². The number of hydrogen-bond donors (Lipinski definition) is 0. The molecule has 2 aliphatic rings. The van der Waals surface area contributed by atoms with E-state index < -0.39 is 0 Å². The Morgan fingerprint density at radius 1 is 0.711 bits per heavy atom. The average Bonchev–Trinajstić information content (AvgIpc) is 3.80. The Morgan fingerprint density at radius 3 is 1.49 bits per heavy atom. The van der Waals surface area contributed by atoms with Gasteiger partial charge in [0.1, 0.15) is 0 Å². The van der Waals surface area contributed by atoms with Gasteiger partial charge >= 0.3 is 0 Å². The number of pyridine rings is 1. The summed E-state index contributed by atoms with van der Waals surface area (Å²) < 4.78 is 0. The molecule has 9 nitrogen and oxygen atoms in total. The molecule has 4 aromatic rings. The molecule has 0 spiro atoms. The molecule has 45 heavy (non-hydrogen) atoms. The number of aromatic nitrogens is 5. The molecule has 10 heteroatoms. The number of aryl methyl sites for hydroxylation is 2. The van der Waals surface area contributed by atoms with Crippen LogP contribution in [0, 0.1) is 33.3 Å². The Balaban J connectivity index is 0.000000213. The second-order valence-corrected chi connectivity index (χ2v) is 12.8. The molecule has 0 unspecified atom stereocenters. The summed E-state index contributed by atoms with van der Waals surface area (Å²) in [5.74, 6) is 0. The van der Waals surface area contributed by atoms with Crippen LogP contribution in [0.3, 0.4) is 0 Å². The van der Waals surface area contributed by atoms with Crippen molar-refractivity contribution in [2.75, 3.05) is 9.80 Å². The summed E-state index contributed by atoms with van der Waals surface area (Å²) in [7, 11) is 0. The fourth-order valence-corrected chi connectivity index (χ4v) is 4.63. The van der Waals surface area contributed by atoms with Crippen molar-refractivity contribution >= 4 is 11.4 Å². The fourth-order valence-electron chi connectivity index (χ4n) is 4.63. The largest absolute Gasteiger partial charge is 0.574 e. The molecule has 241 valence electrons. The van der Waals surface area contributed by atoms with Crippen LogP contribution in [0.4, 0.5) is 11.4 Å². The molecule has 1 aromatic carbocycles. The van der Waals surface area contributed by atoms with Crippen molar-refractivity contribution in [3.8, 4) is 22.8 Å². The Kier molecular flexibility index (Phi) is 10.6. The molecule has 0 saturated carbocycles. The zero-order valence-corrected chi connectivity index (χ0v) is 29.9. The molecule has 2 aliphatic heterocycles. The van der Waals surface area contributed by atoms with Crippen LogP contribution < -0.4 is 20.0 Å². The topological polar surface area (TPSA) is 79.8 Å². The molecule has 0 bridgehead atoms. The van der Waals surface area contributed by atoms with Crippen molar-refractivity contribution in [3.63, 3.8) is 0 Å². The van der Waals surface area contributed by atoms with Crippen LogP contribution in [0.5, 0.6) is 0 Å². The SMILES string of the molecule is CC(C)N1C=CN(c2[c-]c(N3C=CN(C(C)C)[CH-]3)cc(C(C)(C)C)c2)[CH-]1.Cc1cc(-c2cccc(-c3cc(C)n[n-]3)n2)[n-]n1.[Ir]. The van der Waals surface area contributed by atoms with E-state index in [-0.39, 0.29) is 25.5 Å². The standard InChI is InChI=1S/C22H31N4.C13H11N5.Ir/c1-17(2)23-8-10-25(15-23)20-12-19(22(5,6)7)13-21(14-20)26-11-9-24(16-26)18(3)4;1-8-6-12(17-15-8)10-4-3-5-11(14-10)13-7-9(2)16-18-13;/h8-13,15-18H,1-7H3;3-7H,1-2H3;/q-3;-2;. The van der Waals surface area contributed by atoms with Crippen molar-refractivity contribution in [2.24, 2.45) is 0 Å². The quantitative estimate of drug-likeness (QED) is 0.197. The first-order valence-electron chi connectivity index (χ1n) is 15.1. The van der Waals surface area contributed by atoms with E-state index >= 15 is 0 Å². The van der Waals surface area contributed by atoms with Gasteiger partial charge in [-0.2, -0.15) is 13.3 Å². The van der Waals surface area contributed by atoms with Crippen molar-refractivity contribution in [3.05, 3.63) is 104 Å². The molecule has 0 aliphatic carbocycles. The van der Waals surface area contributed by atoms with Gasteiger partial charge in [-0.1, -0.05) is 50.4 Å². The summed E-state index contributed by atoms with van der Waals surface area (Å²) in [6.45, 7) is 23.6. The van der Waals surface area contributed by atoms with Gasteiger partial charge in [0.15, 0.2) is 0 Å². The van der Waals surface area contributed by atoms with E-state index in [1.165, 1.54) is 5.56 Å². The monoisotopic (exact) mass is 781 g/mol. The maximum absolute atomic E-state index is 4.53. The summed E-state index contributed by atoms with van der Waals surface area (Å²) in [5, 5.41) is 16.1. The number of anilines is 2. The van der Waals surface area contributed by atoms with Crippen molar-refractivity contribution in [2.45, 2.75) is 79.8 Å². The number of nitrogens with zero attached hydrogens (tertiary/aromatic N) is 9. The van der Waals surface area contributed by atoms with Gasteiger partial charge in [0.25, 0.3) is 0 Å². The predicted molar refractivity (Wildman–Crippen MR) is 177 cm³/mol. The Morgan fingerprint density at radius 2 is 1.16 bits per heavy atom. The van der Waals surface area contributed by atoms with Gasteiger partial charge in [-0.05, 0) is 96.0 Å². The summed E-state index contributed by atoms with van der Waals surface area (Å²) in [6, 6.07) is 18.5. The van der Waals surface area contributed by atoms with Gasteiger partial charge in [0.2, 0.25) is 0 Å². The molecular formula is C35H42IrN9-5. The molecule has 1 radical (unpaired) electrons. The maximum Gasteiger partial charge on any atom is 0.0500 e. The van der Waals surface area contributed by atoms with E-state index in [0.717, 1.165) is 45.5 Å². The van der Waals surface area contributed by atoms with Gasteiger partial charge in [0, 0.05) is 31.5 Å². The minimum absolute atomic E-state index is 0. The summed E-state index contributed by atoms with van der Waals surface area (Å²) in [5.41, 5.74) is 8.45. The Labute approximate surface area is 281 Å². The van der Waals surface area contributed by atoms with Crippen molar-refractivity contribution in [1.29, 1.82) is 0 Å². The first kappa shape index (κ1) is 34.0. The summed E-state index contributed by atoms with van der Waals surface area (Å²) in [6.07, 6.45) is 8.44. The second-order valence-electron chi connectivity index (χ2n) is 12.8. The summed E-state index contributed by atoms with van der Waals surface area (Å²) in [4.78, 5) is 13.3. The van der Waals surface area contributed by atoms with Crippen LogP contribution in [0.2, 0.25) is 0 Å². The van der Waals surface area contributed by atoms with E-state index in [0.29, 0.717) is 12.1 Å². The van der Waals surface area contributed by atoms with Crippen LogP contribution in [0.25, 0.3) is 22.8 Å². The minimum Gasteiger partial charge on any atom is -0.574 e. The second kappa shape index (κ2) is 14.0. The van der Waals surface area contributed by atoms with E-state index in [1.807, 2.05) is 44.2 Å². The molecule has 0 atom stereocenters. The van der Waals surface area contributed by atoms with Gasteiger partial charge in [-0.25, -0.2) is 0 Å². The van der Waals surface area contributed by atoms with E-state index in [9.17, 15) is 0 Å². The third kappa shape index (κ3) is 8.24. The summed E-state index contributed by atoms with van der Waals surface area (Å²) >= 11 is 0. The third-order valence-corrected chi connectivity index (χ3v) is 7.37. The van der Waals surface area contributed by atoms with Crippen LogP contribution in [-0.2, 0) is 25.5 Å². The molecule has 3 aromatic heterocycles. The normalized spacial score (nSPS) is 14.5. The fraction of sp³-hybridized carbons (Fsp3) is 0.343. The third-order valence-electron chi connectivity index (χ3n) is 7.37. The molecule has 0 saturated heterocycles. The molecule has 5 heterocycles. The van der Waals surface area contributed by atoms with Crippen molar-refractivity contribution < 1.29 is 20.1 Å². The van der Waals surface area contributed by atoms with Crippen molar-refractivity contribution in [1.82, 2.24) is 35.2 Å².